The molecule has 0 aliphatic heterocycles. The second-order valence-electron chi connectivity index (χ2n) is 3.99. The van der Waals surface area contributed by atoms with E-state index in [1.807, 2.05) is 0 Å². The Balaban J connectivity index is 3.35. The molecule has 2 nitrogen and oxygen atoms in total. The van der Waals surface area contributed by atoms with Crippen LogP contribution in [-0.4, -0.2) is 13.1 Å². The van der Waals surface area contributed by atoms with Gasteiger partial charge in [0.15, 0.2) is 0 Å². The predicted molar refractivity (Wildman–Crippen MR) is 45.3 cm³/mol. The Morgan fingerprint density at radius 3 is 2.27 bits per heavy atom. The smallest absolute Gasteiger partial charge is 0.305 e. The van der Waals surface area contributed by atoms with Gasteiger partial charge >= 0.3 is 5.97 Å². The molecule has 0 heterocycles. The summed E-state index contributed by atoms with van der Waals surface area (Å²) in [5.41, 5.74) is 0.327. The van der Waals surface area contributed by atoms with Gasteiger partial charge in [-0.3, -0.25) is 4.79 Å². The van der Waals surface area contributed by atoms with E-state index in [4.69, 9.17) is 0 Å². The first kappa shape index (κ1) is 10.5. The third-order valence-electron chi connectivity index (χ3n) is 1.54. The fraction of sp³-hybridized carbons (Fsp3) is 0.889. The molecule has 0 spiro atoms. The average molecular weight is 158 g/mol. The maximum absolute atomic E-state index is 10.7. The van der Waals surface area contributed by atoms with Crippen LogP contribution in [0.2, 0.25) is 0 Å². The SMILES string of the molecule is COC(=O)CCCC(C)(C)C. The summed E-state index contributed by atoms with van der Waals surface area (Å²) in [7, 11) is 1.43. The van der Waals surface area contributed by atoms with Gasteiger partial charge in [-0.1, -0.05) is 20.8 Å². The van der Waals surface area contributed by atoms with E-state index in [-0.39, 0.29) is 5.97 Å². The molecule has 2 heteroatoms. The molecular weight excluding hydrogens is 140 g/mol. The summed E-state index contributed by atoms with van der Waals surface area (Å²) in [4.78, 5) is 10.7. The van der Waals surface area contributed by atoms with Gasteiger partial charge < -0.3 is 4.74 Å². The molecule has 0 saturated heterocycles. The number of rotatable bonds is 3. The topological polar surface area (TPSA) is 26.3 Å². The Kier molecular flexibility index (Phi) is 4.16. The van der Waals surface area contributed by atoms with Gasteiger partial charge in [-0.25, -0.2) is 0 Å². The summed E-state index contributed by atoms with van der Waals surface area (Å²) in [6.45, 7) is 6.51. The summed E-state index contributed by atoms with van der Waals surface area (Å²) >= 11 is 0. The fourth-order valence-corrected chi connectivity index (χ4v) is 0.865. The maximum Gasteiger partial charge on any atom is 0.305 e. The first-order valence-electron chi connectivity index (χ1n) is 4.02. The molecule has 0 N–H and O–H groups in total. The summed E-state index contributed by atoms with van der Waals surface area (Å²) in [5, 5.41) is 0. The molecule has 0 aromatic heterocycles. The van der Waals surface area contributed by atoms with Crippen LogP contribution >= 0.6 is 0 Å². The van der Waals surface area contributed by atoms with Crippen LogP contribution in [0.4, 0.5) is 0 Å². The van der Waals surface area contributed by atoms with E-state index in [9.17, 15) is 4.79 Å². The normalized spacial score (nSPS) is 11.3. The highest BCUT2D eigenvalue weighted by atomic mass is 16.5. The monoisotopic (exact) mass is 158 g/mol. The summed E-state index contributed by atoms with van der Waals surface area (Å²) < 4.78 is 4.53. The van der Waals surface area contributed by atoms with Crippen LogP contribution < -0.4 is 0 Å². The minimum atomic E-state index is -0.103. The molecular formula is C9H18O2. The van der Waals surface area contributed by atoms with Crippen molar-refractivity contribution >= 4 is 5.97 Å². The Labute approximate surface area is 68.9 Å². The van der Waals surface area contributed by atoms with Crippen LogP contribution in [0.15, 0.2) is 0 Å². The molecule has 0 atom stereocenters. The van der Waals surface area contributed by atoms with E-state index in [2.05, 4.69) is 25.5 Å². The first-order valence-corrected chi connectivity index (χ1v) is 4.02. The number of hydrogen-bond acceptors (Lipinski definition) is 2. The predicted octanol–water partition coefficient (Wildman–Crippen LogP) is 2.38. The number of methoxy groups -OCH3 is 1. The largest absolute Gasteiger partial charge is 0.469 e. The maximum atomic E-state index is 10.7. The highest BCUT2D eigenvalue weighted by molar-refractivity contribution is 5.68. The van der Waals surface area contributed by atoms with Crippen LogP contribution in [0.3, 0.4) is 0 Å². The summed E-state index contributed by atoms with van der Waals surface area (Å²) in [5.74, 6) is -0.103. The average Bonchev–Trinajstić information content (AvgIpc) is 1.85. The second kappa shape index (κ2) is 4.37. The van der Waals surface area contributed by atoms with E-state index in [0.29, 0.717) is 11.8 Å². The van der Waals surface area contributed by atoms with Crippen molar-refractivity contribution in [2.75, 3.05) is 7.11 Å². The molecule has 0 rings (SSSR count). The molecule has 0 unspecified atom stereocenters. The number of carbonyl (C=O) groups excluding carboxylic acids is 1. The van der Waals surface area contributed by atoms with Crippen LogP contribution in [0.25, 0.3) is 0 Å². The molecule has 66 valence electrons. The van der Waals surface area contributed by atoms with Crippen molar-refractivity contribution in [3.63, 3.8) is 0 Å². The van der Waals surface area contributed by atoms with Crippen molar-refractivity contribution in [2.24, 2.45) is 5.41 Å². The van der Waals surface area contributed by atoms with Gasteiger partial charge in [-0.05, 0) is 18.3 Å². The van der Waals surface area contributed by atoms with Crippen LogP contribution in [0.5, 0.6) is 0 Å². The van der Waals surface area contributed by atoms with Crippen molar-refractivity contribution in [2.45, 2.75) is 40.0 Å². The minimum Gasteiger partial charge on any atom is -0.469 e. The van der Waals surface area contributed by atoms with E-state index >= 15 is 0 Å². The van der Waals surface area contributed by atoms with E-state index in [1.54, 1.807) is 0 Å². The van der Waals surface area contributed by atoms with Crippen molar-refractivity contribution in [3.8, 4) is 0 Å². The third kappa shape index (κ3) is 7.37. The minimum absolute atomic E-state index is 0.103. The van der Waals surface area contributed by atoms with Crippen LogP contribution in [-0.2, 0) is 9.53 Å². The van der Waals surface area contributed by atoms with Crippen LogP contribution in [0, 0.1) is 5.41 Å². The van der Waals surface area contributed by atoms with Gasteiger partial charge in [0, 0.05) is 6.42 Å². The number of hydrogen-bond donors (Lipinski definition) is 0. The van der Waals surface area contributed by atoms with Gasteiger partial charge in [0.2, 0.25) is 0 Å². The Hall–Kier alpha value is -0.530. The number of esters is 1. The van der Waals surface area contributed by atoms with Crippen molar-refractivity contribution in [1.29, 1.82) is 0 Å². The lowest BCUT2D eigenvalue weighted by Crippen LogP contribution is -2.07. The lowest BCUT2D eigenvalue weighted by atomic mass is 9.90. The lowest BCUT2D eigenvalue weighted by Gasteiger charge is -2.16. The molecule has 0 bridgehead atoms. The number of ether oxygens (including phenoxy) is 1. The molecule has 0 amide bonds. The number of carbonyl (C=O) groups is 1. The van der Waals surface area contributed by atoms with E-state index in [0.717, 1.165) is 12.8 Å². The van der Waals surface area contributed by atoms with E-state index < -0.39 is 0 Å². The third-order valence-corrected chi connectivity index (χ3v) is 1.54. The highest BCUT2D eigenvalue weighted by Crippen LogP contribution is 2.21. The van der Waals surface area contributed by atoms with Gasteiger partial charge in [-0.2, -0.15) is 0 Å². The Morgan fingerprint density at radius 2 is 1.91 bits per heavy atom. The Bertz CT molecular complexity index is 122. The molecule has 11 heavy (non-hydrogen) atoms. The van der Waals surface area contributed by atoms with Crippen molar-refractivity contribution in [1.82, 2.24) is 0 Å². The van der Waals surface area contributed by atoms with Crippen molar-refractivity contribution < 1.29 is 9.53 Å². The van der Waals surface area contributed by atoms with Gasteiger partial charge in [0.05, 0.1) is 7.11 Å². The molecule has 0 aliphatic rings. The first-order chi connectivity index (χ1) is 4.95. The second-order valence-corrected chi connectivity index (χ2v) is 3.99. The zero-order chi connectivity index (χ0) is 8.91. The quantitative estimate of drug-likeness (QED) is 0.589. The molecule has 0 aliphatic carbocycles. The molecule has 0 fully saturated rings. The summed E-state index contributed by atoms with van der Waals surface area (Å²) in [6.07, 6.45) is 2.55. The lowest BCUT2D eigenvalue weighted by molar-refractivity contribution is -0.140. The molecule has 0 radical (unpaired) electrons. The van der Waals surface area contributed by atoms with Crippen LogP contribution in [0.1, 0.15) is 40.0 Å². The standard InChI is InChI=1S/C9H18O2/c1-9(2,3)7-5-6-8(10)11-4/h5-7H2,1-4H3. The Morgan fingerprint density at radius 1 is 1.36 bits per heavy atom. The molecule has 0 saturated carbocycles. The highest BCUT2D eigenvalue weighted by Gasteiger charge is 2.10. The van der Waals surface area contributed by atoms with Gasteiger partial charge in [0.25, 0.3) is 0 Å². The van der Waals surface area contributed by atoms with Crippen molar-refractivity contribution in [3.05, 3.63) is 0 Å². The van der Waals surface area contributed by atoms with E-state index in [1.165, 1.54) is 7.11 Å². The van der Waals surface area contributed by atoms with Gasteiger partial charge in [-0.15, -0.1) is 0 Å². The molecule has 0 aromatic rings. The zero-order valence-corrected chi connectivity index (χ0v) is 7.94. The fourth-order valence-electron chi connectivity index (χ4n) is 0.865. The summed E-state index contributed by atoms with van der Waals surface area (Å²) in [6, 6.07) is 0. The molecule has 0 aromatic carbocycles. The van der Waals surface area contributed by atoms with Gasteiger partial charge in [0.1, 0.15) is 0 Å². The zero-order valence-electron chi connectivity index (χ0n) is 7.94.